The van der Waals surface area contributed by atoms with Gasteiger partial charge in [-0.3, -0.25) is 9.69 Å². The summed E-state index contributed by atoms with van der Waals surface area (Å²) in [7, 11) is 0. The molecule has 0 aromatic heterocycles. The Morgan fingerprint density at radius 2 is 1.76 bits per heavy atom. The van der Waals surface area contributed by atoms with Gasteiger partial charge < -0.3 is 4.90 Å². The molecule has 1 aliphatic rings. The number of amides is 1. The molecule has 0 spiro atoms. The van der Waals surface area contributed by atoms with Gasteiger partial charge in [0.2, 0.25) is 5.91 Å². The first-order valence-electron chi connectivity index (χ1n) is 11.9. The summed E-state index contributed by atoms with van der Waals surface area (Å²) < 4.78 is 54.7. The van der Waals surface area contributed by atoms with Crippen molar-refractivity contribution in [1.29, 1.82) is 0 Å². The molecule has 34 heavy (non-hydrogen) atoms. The van der Waals surface area contributed by atoms with Crippen molar-refractivity contribution in [2.45, 2.75) is 46.3 Å². The van der Waals surface area contributed by atoms with Crippen LogP contribution in [0.5, 0.6) is 0 Å². The lowest BCUT2D eigenvalue weighted by Gasteiger charge is -2.31. The zero-order chi connectivity index (χ0) is 25.0. The molecular weight excluding hydrogens is 444 g/mol. The molecule has 0 unspecified atom stereocenters. The predicted octanol–water partition coefficient (Wildman–Crippen LogP) is 6.20. The molecule has 0 bridgehead atoms. The normalized spacial score (nSPS) is 19.2. The van der Waals surface area contributed by atoms with Crippen molar-refractivity contribution in [1.82, 2.24) is 9.80 Å². The van der Waals surface area contributed by atoms with Crippen LogP contribution in [0, 0.1) is 23.6 Å². The second-order valence-electron chi connectivity index (χ2n) is 10.1. The van der Waals surface area contributed by atoms with Crippen molar-refractivity contribution < 1.29 is 22.4 Å². The highest BCUT2D eigenvalue weighted by Crippen LogP contribution is 2.37. The lowest BCUT2D eigenvalue weighted by atomic mass is 9.88. The molecule has 2 atom stereocenters. The third-order valence-electron chi connectivity index (χ3n) is 6.36. The zero-order valence-corrected chi connectivity index (χ0v) is 20.3. The van der Waals surface area contributed by atoms with Crippen molar-refractivity contribution >= 4 is 5.91 Å². The van der Waals surface area contributed by atoms with E-state index in [2.05, 4.69) is 13.8 Å². The second-order valence-corrected chi connectivity index (χ2v) is 10.1. The van der Waals surface area contributed by atoms with Gasteiger partial charge >= 0.3 is 6.18 Å². The highest BCUT2D eigenvalue weighted by molar-refractivity contribution is 5.78. The Morgan fingerprint density at radius 1 is 1.06 bits per heavy atom. The van der Waals surface area contributed by atoms with Crippen LogP contribution in [0.2, 0.25) is 0 Å². The van der Waals surface area contributed by atoms with Crippen LogP contribution in [0.1, 0.15) is 50.3 Å². The number of carbonyl (C=O) groups is 1. The Hall–Kier alpha value is -2.41. The fourth-order valence-corrected chi connectivity index (χ4v) is 4.91. The summed E-state index contributed by atoms with van der Waals surface area (Å²) in [5, 5.41) is 0. The van der Waals surface area contributed by atoms with E-state index in [9.17, 15) is 22.4 Å². The quantitative estimate of drug-likeness (QED) is 0.422. The molecule has 0 radical (unpaired) electrons. The molecule has 0 aliphatic carbocycles. The van der Waals surface area contributed by atoms with Crippen LogP contribution in [-0.2, 0) is 17.5 Å². The third-order valence-corrected chi connectivity index (χ3v) is 6.36. The monoisotopic (exact) mass is 478 g/mol. The number of benzene rings is 2. The summed E-state index contributed by atoms with van der Waals surface area (Å²) in [5.41, 5.74) is 0.418. The number of rotatable bonds is 8. The SMILES string of the molecule is CC(C)CN(C[C@@H]1CN(Cc2ccccc2C(F)(F)F)C[C@H]1c1cccc(F)c1)C(=O)C(C)C. The highest BCUT2D eigenvalue weighted by atomic mass is 19.4. The number of halogens is 4. The van der Waals surface area contributed by atoms with Gasteiger partial charge in [-0.2, -0.15) is 13.2 Å². The van der Waals surface area contributed by atoms with E-state index in [1.165, 1.54) is 24.3 Å². The average molecular weight is 479 g/mol. The average Bonchev–Trinajstić information content (AvgIpc) is 3.14. The van der Waals surface area contributed by atoms with Crippen molar-refractivity contribution in [3.05, 3.63) is 71.0 Å². The number of hydrogen-bond donors (Lipinski definition) is 0. The molecule has 3 rings (SSSR count). The molecule has 3 nitrogen and oxygen atoms in total. The lowest BCUT2D eigenvalue weighted by molar-refractivity contribution is -0.138. The molecule has 0 N–H and O–H groups in total. The van der Waals surface area contributed by atoms with E-state index < -0.39 is 11.7 Å². The molecule has 1 fully saturated rings. The van der Waals surface area contributed by atoms with E-state index in [-0.39, 0.29) is 47.5 Å². The number of nitrogens with zero attached hydrogens (tertiary/aromatic N) is 2. The van der Waals surface area contributed by atoms with E-state index >= 15 is 0 Å². The molecule has 186 valence electrons. The van der Waals surface area contributed by atoms with E-state index in [1.54, 1.807) is 12.1 Å². The number of likely N-dealkylation sites (tertiary alicyclic amines) is 1. The van der Waals surface area contributed by atoms with Crippen LogP contribution < -0.4 is 0 Å². The molecule has 1 heterocycles. The maximum absolute atomic E-state index is 14.0. The zero-order valence-electron chi connectivity index (χ0n) is 20.3. The Kier molecular flexibility index (Phi) is 8.39. The van der Waals surface area contributed by atoms with Gasteiger partial charge in [-0.1, -0.05) is 58.0 Å². The molecule has 2 aromatic rings. The molecule has 1 aliphatic heterocycles. The number of carbonyl (C=O) groups excluding carboxylic acids is 1. The van der Waals surface area contributed by atoms with E-state index in [4.69, 9.17) is 0 Å². The molecule has 1 amide bonds. The van der Waals surface area contributed by atoms with Crippen LogP contribution >= 0.6 is 0 Å². The van der Waals surface area contributed by atoms with Gasteiger partial charge in [0.25, 0.3) is 0 Å². The van der Waals surface area contributed by atoms with E-state index in [0.29, 0.717) is 26.2 Å². The van der Waals surface area contributed by atoms with Crippen LogP contribution in [-0.4, -0.2) is 41.9 Å². The Morgan fingerprint density at radius 3 is 2.38 bits per heavy atom. The van der Waals surface area contributed by atoms with Crippen LogP contribution in [0.25, 0.3) is 0 Å². The summed E-state index contributed by atoms with van der Waals surface area (Å²) in [6.07, 6.45) is -4.42. The lowest BCUT2D eigenvalue weighted by Crippen LogP contribution is -2.41. The first kappa shape index (κ1) is 26.2. The van der Waals surface area contributed by atoms with Gasteiger partial charge in [0.15, 0.2) is 0 Å². The predicted molar refractivity (Wildman–Crippen MR) is 126 cm³/mol. The minimum Gasteiger partial charge on any atom is -0.342 e. The topological polar surface area (TPSA) is 23.6 Å². The fraction of sp³-hybridized carbons (Fsp3) is 0.519. The minimum absolute atomic E-state index is 0.0127. The molecule has 1 saturated heterocycles. The maximum atomic E-state index is 14.0. The highest BCUT2D eigenvalue weighted by Gasteiger charge is 2.38. The first-order valence-corrected chi connectivity index (χ1v) is 11.9. The Balaban J connectivity index is 1.88. The van der Waals surface area contributed by atoms with E-state index in [1.807, 2.05) is 29.7 Å². The van der Waals surface area contributed by atoms with Crippen LogP contribution in [0.15, 0.2) is 48.5 Å². The summed E-state index contributed by atoms with van der Waals surface area (Å²) in [6, 6.07) is 12.1. The van der Waals surface area contributed by atoms with Gasteiger partial charge in [-0.05, 0) is 41.2 Å². The van der Waals surface area contributed by atoms with Crippen LogP contribution in [0.4, 0.5) is 17.6 Å². The van der Waals surface area contributed by atoms with Gasteiger partial charge in [0.05, 0.1) is 5.56 Å². The maximum Gasteiger partial charge on any atom is 0.416 e. The summed E-state index contributed by atoms with van der Waals surface area (Å²) in [5.74, 6) is -0.235. The molecule has 0 saturated carbocycles. The largest absolute Gasteiger partial charge is 0.416 e. The van der Waals surface area contributed by atoms with Gasteiger partial charge in [-0.25, -0.2) is 4.39 Å². The summed E-state index contributed by atoms with van der Waals surface area (Å²) in [6.45, 7) is 10.1. The van der Waals surface area contributed by atoms with Gasteiger partial charge in [-0.15, -0.1) is 0 Å². The third kappa shape index (κ3) is 6.59. The standard InChI is InChI=1S/C27H34F4N2O/c1-18(2)13-33(26(34)19(3)4)16-22-15-32(17-24(22)20-9-7-10-23(28)12-20)14-21-8-5-6-11-25(21)27(29,30)31/h5-12,18-19,22,24H,13-17H2,1-4H3/t22-,24-/m0/s1. The second kappa shape index (κ2) is 10.9. The van der Waals surface area contributed by atoms with Gasteiger partial charge in [0.1, 0.15) is 5.82 Å². The van der Waals surface area contributed by atoms with Crippen molar-refractivity contribution in [2.24, 2.45) is 17.8 Å². The summed E-state index contributed by atoms with van der Waals surface area (Å²) in [4.78, 5) is 16.8. The summed E-state index contributed by atoms with van der Waals surface area (Å²) >= 11 is 0. The van der Waals surface area contributed by atoms with Crippen molar-refractivity contribution in [2.75, 3.05) is 26.2 Å². The van der Waals surface area contributed by atoms with Crippen molar-refractivity contribution in [3.8, 4) is 0 Å². The first-order chi connectivity index (χ1) is 16.0. The smallest absolute Gasteiger partial charge is 0.342 e. The van der Waals surface area contributed by atoms with Gasteiger partial charge in [0, 0.05) is 44.6 Å². The molecule has 2 aromatic carbocycles. The fourth-order valence-electron chi connectivity index (χ4n) is 4.91. The minimum atomic E-state index is -4.42. The van der Waals surface area contributed by atoms with Crippen LogP contribution in [0.3, 0.4) is 0 Å². The Labute approximate surface area is 199 Å². The molecule has 7 heteroatoms. The Bertz CT molecular complexity index is 973. The number of hydrogen-bond acceptors (Lipinski definition) is 2. The molecular formula is C27H34F4N2O. The van der Waals surface area contributed by atoms with E-state index in [0.717, 1.165) is 11.6 Å². The van der Waals surface area contributed by atoms with Crippen molar-refractivity contribution in [3.63, 3.8) is 0 Å². The number of alkyl halides is 3.